The van der Waals surface area contributed by atoms with Crippen LogP contribution in [0.5, 0.6) is 0 Å². The van der Waals surface area contributed by atoms with E-state index in [9.17, 15) is 4.79 Å². The molecule has 1 saturated heterocycles. The van der Waals surface area contributed by atoms with Crippen molar-refractivity contribution in [3.05, 3.63) is 0 Å². The van der Waals surface area contributed by atoms with Crippen LogP contribution in [-0.4, -0.2) is 38.4 Å². The lowest BCUT2D eigenvalue weighted by atomic mass is 9.99. The molecule has 0 radical (unpaired) electrons. The highest BCUT2D eigenvalue weighted by Crippen LogP contribution is 2.14. The van der Waals surface area contributed by atoms with Gasteiger partial charge in [0.1, 0.15) is 0 Å². The third-order valence-corrected chi connectivity index (χ3v) is 2.91. The lowest BCUT2D eigenvalue weighted by Gasteiger charge is -2.24. The monoisotopic (exact) mass is 229 g/mol. The fourth-order valence-corrected chi connectivity index (χ4v) is 1.89. The van der Waals surface area contributed by atoms with Gasteiger partial charge in [0.2, 0.25) is 0 Å². The molecule has 1 aliphatic heterocycles. The Kier molecular flexibility index (Phi) is 6.42. The third kappa shape index (κ3) is 4.49. The Morgan fingerprint density at radius 1 is 1.38 bits per heavy atom. The smallest absolute Gasteiger partial charge is 0.335 e. The zero-order chi connectivity index (χ0) is 11.8. The van der Waals surface area contributed by atoms with Gasteiger partial charge in [0.05, 0.1) is 13.2 Å². The minimum atomic E-state index is -0.380. The number of hydrogen-bond donors (Lipinski definition) is 1. The average molecular weight is 229 g/mol. The van der Waals surface area contributed by atoms with Crippen LogP contribution in [0.4, 0.5) is 0 Å². The van der Waals surface area contributed by atoms with E-state index in [-0.39, 0.29) is 12.1 Å². The normalized spacial score (nSPS) is 19.4. The predicted molar refractivity (Wildman–Crippen MR) is 62.3 cm³/mol. The number of esters is 1. The van der Waals surface area contributed by atoms with Crippen molar-refractivity contribution < 1.29 is 14.3 Å². The first kappa shape index (κ1) is 13.5. The SMILES string of the molecule is CCOC(=O)C(CC)OCC1CCNCC1. The maximum Gasteiger partial charge on any atom is 0.335 e. The Balaban J connectivity index is 2.24. The summed E-state index contributed by atoms with van der Waals surface area (Å²) < 4.78 is 10.6. The number of nitrogens with one attached hydrogen (secondary N) is 1. The molecule has 1 N–H and O–H groups in total. The van der Waals surface area contributed by atoms with E-state index >= 15 is 0 Å². The highest BCUT2D eigenvalue weighted by molar-refractivity contribution is 5.74. The van der Waals surface area contributed by atoms with Crippen LogP contribution in [0.1, 0.15) is 33.1 Å². The second kappa shape index (κ2) is 7.63. The maximum atomic E-state index is 11.5. The van der Waals surface area contributed by atoms with Crippen molar-refractivity contribution in [2.45, 2.75) is 39.2 Å². The van der Waals surface area contributed by atoms with E-state index in [2.05, 4.69) is 5.32 Å². The van der Waals surface area contributed by atoms with Gasteiger partial charge in [-0.05, 0) is 45.2 Å². The maximum absolute atomic E-state index is 11.5. The highest BCUT2D eigenvalue weighted by atomic mass is 16.6. The molecule has 1 aliphatic rings. The molecule has 0 aromatic rings. The second-order valence-corrected chi connectivity index (χ2v) is 4.18. The van der Waals surface area contributed by atoms with Crippen molar-refractivity contribution in [1.29, 1.82) is 0 Å². The van der Waals surface area contributed by atoms with E-state index in [1.807, 2.05) is 13.8 Å². The van der Waals surface area contributed by atoms with Crippen LogP contribution in [0.3, 0.4) is 0 Å². The number of carbonyl (C=O) groups excluding carboxylic acids is 1. The van der Waals surface area contributed by atoms with Gasteiger partial charge in [-0.15, -0.1) is 0 Å². The van der Waals surface area contributed by atoms with Gasteiger partial charge in [-0.25, -0.2) is 4.79 Å². The van der Waals surface area contributed by atoms with Crippen LogP contribution >= 0.6 is 0 Å². The summed E-state index contributed by atoms with van der Waals surface area (Å²) in [4.78, 5) is 11.5. The molecule has 0 aliphatic carbocycles. The average Bonchev–Trinajstić information content (AvgIpc) is 2.31. The second-order valence-electron chi connectivity index (χ2n) is 4.18. The minimum absolute atomic E-state index is 0.223. The Morgan fingerprint density at radius 3 is 2.62 bits per heavy atom. The molecule has 0 spiro atoms. The largest absolute Gasteiger partial charge is 0.464 e. The van der Waals surface area contributed by atoms with Gasteiger partial charge in [-0.2, -0.15) is 0 Å². The van der Waals surface area contributed by atoms with E-state index in [1.54, 1.807) is 0 Å². The summed E-state index contributed by atoms with van der Waals surface area (Å²) in [6.07, 6.45) is 2.58. The number of hydrogen-bond acceptors (Lipinski definition) is 4. The van der Waals surface area contributed by atoms with Crippen molar-refractivity contribution in [1.82, 2.24) is 5.32 Å². The molecule has 0 aromatic carbocycles. The van der Waals surface area contributed by atoms with Gasteiger partial charge in [0.25, 0.3) is 0 Å². The number of ether oxygens (including phenoxy) is 2. The predicted octanol–water partition coefficient (Wildman–Crippen LogP) is 1.34. The summed E-state index contributed by atoms with van der Waals surface area (Å²) >= 11 is 0. The van der Waals surface area contributed by atoms with E-state index in [0.717, 1.165) is 25.9 Å². The summed E-state index contributed by atoms with van der Waals surface area (Å²) in [6.45, 7) is 6.99. The Morgan fingerprint density at radius 2 is 2.06 bits per heavy atom. The van der Waals surface area contributed by atoms with E-state index < -0.39 is 0 Å². The summed E-state index contributed by atoms with van der Waals surface area (Å²) in [5.74, 6) is 0.365. The number of rotatable bonds is 6. The summed E-state index contributed by atoms with van der Waals surface area (Å²) in [5, 5.41) is 3.31. The first-order chi connectivity index (χ1) is 7.77. The van der Waals surface area contributed by atoms with Crippen LogP contribution in [0.25, 0.3) is 0 Å². The van der Waals surface area contributed by atoms with Crippen LogP contribution in [0.15, 0.2) is 0 Å². The zero-order valence-corrected chi connectivity index (χ0v) is 10.3. The molecule has 4 heteroatoms. The molecule has 0 bridgehead atoms. The van der Waals surface area contributed by atoms with Crippen molar-refractivity contribution in [3.63, 3.8) is 0 Å². The minimum Gasteiger partial charge on any atom is -0.464 e. The zero-order valence-electron chi connectivity index (χ0n) is 10.3. The molecule has 1 atom stereocenters. The molecule has 16 heavy (non-hydrogen) atoms. The van der Waals surface area contributed by atoms with Crippen molar-refractivity contribution >= 4 is 5.97 Å². The first-order valence-corrected chi connectivity index (χ1v) is 6.26. The summed E-state index contributed by atoms with van der Waals surface area (Å²) in [6, 6.07) is 0. The van der Waals surface area contributed by atoms with Gasteiger partial charge in [-0.3, -0.25) is 0 Å². The lowest BCUT2D eigenvalue weighted by Crippen LogP contribution is -2.33. The standard InChI is InChI=1S/C12H23NO3/c1-3-11(12(14)15-4-2)16-9-10-5-7-13-8-6-10/h10-11,13H,3-9H2,1-2H3. The van der Waals surface area contributed by atoms with Gasteiger partial charge in [-0.1, -0.05) is 6.92 Å². The Bertz CT molecular complexity index is 202. The molecule has 4 nitrogen and oxygen atoms in total. The quantitative estimate of drug-likeness (QED) is 0.698. The Labute approximate surface area is 97.7 Å². The first-order valence-electron chi connectivity index (χ1n) is 6.26. The van der Waals surface area contributed by atoms with Gasteiger partial charge < -0.3 is 14.8 Å². The van der Waals surface area contributed by atoms with Crippen LogP contribution < -0.4 is 5.32 Å². The van der Waals surface area contributed by atoms with Crippen molar-refractivity contribution in [2.24, 2.45) is 5.92 Å². The molecule has 94 valence electrons. The lowest BCUT2D eigenvalue weighted by molar-refractivity contribution is -0.158. The molecular formula is C12H23NO3. The fourth-order valence-electron chi connectivity index (χ4n) is 1.89. The van der Waals surface area contributed by atoms with Crippen molar-refractivity contribution in [2.75, 3.05) is 26.3 Å². The van der Waals surface area contributed by atoms with E-state index in [4.69, 9.17) is 9.47 Å². The number of carbonyl (C=O) groups is 1. The van der Waals surface area contributed by atoms with E-state index in [0.29, 0.717) is 25.6 Å². The third-order valence-electron chi connectivity index (χ3n) is 2.91. The molecule has 0 amide bonds. The Hall–Kier alpha value is -0.610. The molecule has 1 rings (SSSR count). The van der Waals surface area contributed by atoms with Crippen LogP contribution in [0, 0.1) is 5.92 Å². The van der Waals surface area contributed by atoms with E-state index in [1.165, 1.54) is 0 Å². The van der Waals surface area contributed by atoms with Gasteiger partial charge in [0.15, 0.2) is 6.10 Å². The van der Waals surface area contributed by atoms with Crippen LogP contribution in [-0.2, 0) is 14.3 Å². The molecule has 0 saturated carbocycles. The molecule has 1 unspecified atom stereocenters. The summed E-state index contributed by atoms with van der Waals surface area (Å²) in [7, 11) is 0. The molecule has 0 aromatic heterocycles. The van der Waals surface area contributed by atoms with Crippen LogP contribution in [0.2, 0.25) is 0 Å². The fraction of sp³-hybridized carbons (Fsp3) is 0.917. The van der Waals surface area contributed by atoms with Gasteiger partial charge >= 0.3 is 5.97 Å². The highest BCUT2D eigenvalue weighted by Gasteiger charge is 2.21. The topological polar surface area (TPSA) is 47.6 Å². The van der Waals surface area contributed by atoms with Crippen molar-refractivity contribution in [3.8, 4) is 0 Å². The summed E-state index contributed by atoms with van der Waals surface area (Å²) in [5.41, 5.74) is 0. The van der Waals surface area contributed by atoms with Gasteiger partial charge in [0, 0.05) is 0 Å². The molecule has 1 heterocycles. The molecule has 1 fully saturated rings. The number of piperidine rings is 1. The molecular weight excluding hydrogens is 206 g/mol.